The molecule has 3 amide bonds. The second-order valence-electron chi connectivity index (χ2n) is 6.84. The normalized spacial score (nSPS) is 15.8. The average Bonchev–Trinajstić information content (AvgIpc) is 3.09. The first kappa shape index (κ1) is 20.1. The van der Waals surface area contributed by atoms with Crippen LogP contribution >= 0.6 is 0 Å². The summed E-state index contributed by atoms with van der Waals surface area (Å²) in [6.45, 7) is 1.70. The van der Waals surface area contributed by atoms with Gasteiger partial charge in [-0.2, -0.15) is 0 Å². The molecule has 0 aromatic heterocycles. The van der Waals surface area contributed by atoms with Crippen LogP contribution in [0.2, 0.25) is 0 Å². The predicted molar refractivity (Wildman–Crippen MR) is 106 cm³/mol. The van der Waals surface area contributed by atoms with E-state index in [2.05, 4.69) is 5.32 Å². The summed E-state index contributed by atoms with van der Waals surface area (Å²) in [6.07, 6.45) is 0.0446. The van der Waals surface area contributed by atoms with Gasteiger partial charge >= 0.3 is 5.97 Å². The molecule has 0 aliphatic carbocycles. The van der Waals surface area contributed by atoms with E-state index in [1.54, 1.807) is 4.90 Å². The van der Waals surface area contributed by atoms with E-state index in [-0.39, 0.29) is 18.9 Å². The second-order valence-corrected chi connectivity index (χ2v) is 6.84. The first-order valence-electron chi connectivity index (χ1n) is 9.07. The van der Waals surface area contributed by atoms with Crippen molar-refractivity contribution in [3.05, 3.63) is 59.7 Å². The lowest BCUT2D eigenvalue weighted by atomic mass is 10.1. The van der Waals surface area contributed by atoms with Crippen LogP contribution in [-0.2, 0) is 19.1 Å². The molecule has 1 heterocycles. The van der Waals surface area contributed by atoms with Gasteiger partial charge in [-0.25, -0.2) is 0 Å². The van der Waals surface area contributed by atoms with Gasteiger partial charge in [0.1, 0.15) is 0 Å². The highest BCUT2D eigenvalue weighted by Gasteiger charge is 2.36. The number of aryl methyl sites for hydroxylation is 1. The van der Waals surface area contributed by atoms with Crippen LogP contribution in [0.3, 0.4) is 0 Å². The molecule has 1 atom stereocenters. The number of rotatable bonds is 6. The molecular formula is C21H21N3O5. The Balaban J connectivity index is 1.50. The number of benzene rings is 2. The molecule has 29 heavy (non-hydrogen) atoms. The number of carbonyl (C=O) groups is 4. The molecule has 3 N–H and O–H groups in total. The minimum absolute atomic E-state index is 0.0446. The monoisotopic (exact) mass is 395 g/mol. The quantitative estimate of drug-likeness (QED) is 0.721. The number of nitrogens with two attached hydrogens (primary N) is 1. The molecule has 8 heteroatoms. The summed E-state index contributed by atoms with van der Waals surface area (Å²) >= 11 is 0. The highest BCUT2D eigenvalue weighted by Crippen LogP contribution is 2.26. The van der Waals surface area contributed by atoms with Crippen LogP contribution in [0.1, 0.15) is 22.3 Å². The second kappa shape index (κ2) is 8.55. The Morgan fingerprint density at radius 1 is 1.10 bits per heavy atom. The van der Waals surface area contributed by atoms with E-state index in [0.29, 0.717) is 11.3 Å². The van der Waals surface area contributed by atoms with Crippen LogP contribution in [0.25, 0.3) is 0 Å². The maximum absolute atomic E-state index is 12.3. The fourth-order valence-corrected chi connectivity index (χ4v) is 3.01. The molecule has 8 nitrogen and oxygen atoms in total. The van der Waals surface area contributed by atoms with Gasteiger partial charge in [0.2, 0.25) is 11.8 Å². The maximum atomic E-state index is 12.3. The summed E-state index contributed by atoms with van der Waals surface area (Å²) in [5.74, 6) is -2.46. The molecule has 3 rings (SSSR count). The van der Waals surface area contributed by atoms with Gasteiger partial charge in [0.15, 0.2) is 6.61 Å². The summed E-state index contributed by atoms with van der Waals surface area (Å²) in [5.41, 5.74) is 7.72. The number of nitrogens with one attached hydrogen (secondary N) is 1. The summed E-state index contributed by atoms with van der Waals surface area (Å²) in [6, 6.07) is 13.5. The number of amides is 3. The Labute approximate surface area is 167 Å². The van der Waals surface area contributed by atoms with Crippen molar-refractivity contribution in [2.24, 2.45) is 11.7 Å². The highest BCUT2D eigenvalue weighted by atomic mass is 16.5. The zero-order valence-electron chi connectivity index (χ0n) is 15.9. The number of primary amides is 1. The Morgan fingerprint density at radius 2 is 1.76 bits per heavy atom. The fraction of sp³-hybridized carbons (Fsp3) is 0.238. The van der Waals surface area contributed by atoms with Crippen LogP contribution in [0.5, 0.6) is 0 Å². The van der Waals surface area contributed by atoms with Gasteiger partial charge < -0.3 is 20.7 Å². The molecule has 1 saturated heterocycles. The van der Waals surface area contributed by atoms with Crippen LogP contribution in [0.15, 0.2) is 48.5 Å². The lowest BCUT2D eigenvalue weighted by Crippen LogP contribution is -2.28. The van der Waals surface area contributed by atoms with Crippen molar-refractivity contribution in [1.82, 2.24) is 0 Å². The highest BCUT2D eigenvalue weighted by molar-refractivity contribution is 6.00. The molecule has 2 aromatic rings. The van der Waals surface area contributed by atoms with Crippen LogP contribution in [-0.4, -0.2) is 36.8 Å². The van der Waals surface area contributed by atoms with Gasteiger partial charge in [0, 0.05) is 29.9 Å². The van der Waals surface area contributed by atoms with Crippen LogP contribution in [0, 0.1) is 12.8 Å². The van der Waals surface area contributed by atoms with Gasteiger partial charge in [-0.1, -0.05) is 17.7 Å². The van der Waals surface area contributed by atoms with Crippen LogP contribution < -0.4 is 16.0 Å². The largest absolute Gasteiger partial charge is 0.455 e. The van der Waals surface area contributed by atoms with Crippen molar-refractivity contribution < 1.29 is 23.9 Å². The molecule has 0 radical (unpaired) electrons. The molecule has 1 fully saturated rings. The first-order chi connectivity index (χ1) is 13.8. The van der Waals surface area contributed by atoms with E-state index in [9.17, 15) is 19.2 Å². The number of hydrogen-bond acceptors (Lipinski definition) is 5. The van der Waals surface area contributed by atoms with Crippen molar-refractivity contribution in [1.29, 1.82) is 0 Å². The third-order valence-corrected chi connectivity index (χ3v) is 4.60. The Bertz CT molecular complexity index is 938. The van der Waals surface area contributed by atoms with Gasteiger partial charge in [-0.15, -0.1) is 0 Å². The average molecular weight is 395 g/mol. The zero-order chi connectivity index (χ0) is 21.0. The van der Waals surface area contributed by atoms with Crippen molar-refractivity contribution in [3.8, 4) is 0 Å². The first-order valence-corrected chi connectivity index (χ1v) is 9.07. The molecule has 0 spiro atoms. The third kappa shape index (κ3) is 4.98. The molecule has 150 valence electrons. The van der Waals surface area contributed by atoms with Gasteiger partial charge in [0.05, 0.1) is 5.92 Å². The Kier molecular flexibility index (Phi) is 5.92. The Morgan fingerprint density at radius 3 is 2.38 bits per heavy atom. The van der Waals surface area contributed by atoms with E-state index < -0.39 is 30.3 Å². The van der Waals surface area contributed by atoms with Crippen molar-refractivity contribution in [3.63, 3.8) is 0 Å². The fourth-order valence-electron chi connectivity index (χ4n) is 3.01. The third-order valence-electron chi connectivity index (χ3n) is 4.60. The van der Waals surface area contributed by atoms with E-state index in [0.717, 1.165) is 11.3 Å². The lowest BCUT2D eigenvalue weighted by molar-refractivity contribution is -0.151. The standard InChI is InChI=1S/C21H21N3O5/c1-13-2-8-17(9-3-13)24-11-15(10-19(24)26)21(28)29-12-18(25)23-16-6-4-14(5-7-16)20(22)27/h2-9,15H,10-12H2,1H3,(H2,22,27)(H,23,25)/t15-/m0/s1. The number of ether oxygens (including phenoxy) is 1. The zero-order valence-corrected chi connectivity index (χ0v) is 15.9. The van der Waals surface area contributed by atoms with Crippen molar-refractivity contribution in [2.45, 2.75) is 13.3 Å². The molecular weight excluding hydrogens is 374 g/mol. The number of hydrogen-bond donors (Lipinski definition) is 2. The minimum Gasteiger partial charge on any atom is -0.455 e. The van der Waals surface area contributed by atoms with Gasteiger partial charge in [-0.3, -0.25) is 19.2 Å². The topological polar surface area (TPSA) is 119 Å². The SMILES string of the molecule is Cc1ccc(N2C[C@@H](C(=O)OCC(=O)Nc3ccc(C(N)=O)cc3)CC2=O)cc1. The summed E-state index contributed by atoms with van der Waals surface area (Å²) < 4.78 is 5.07. The smallest absolute Gasteiger partial charge is 0.311 e. The number of nitrogens with zero attached hydrogens (tertiary/aromatic N) is 1. The van der Waals surface area contributed by atoms with Crippen molar-refractivity contribution >= 4 is 35.1 Å². The number of anilines is 2. The molecule has 0 saturated carbocycles. The molecule has 1 aliphatic heterocycles. The van der Waals surface area contributed by atoms with E-state index in [4.69, 9.17) is 10.5 Å². The molecule has 0 bridgehead atoms. The van der Waals surface area contributed by atoms with Gasteiger partial charge in [0.25, 0.3) is 5.91 Å². The minimum atomic E-state index is -0.619. The van der Waals surface area contributed by atoms with E-state index in [1.807, 2.05) is 31.2 Å². The number of esters is 1. The maximum Gasteiger partial charge on any atom is 0.311 e. The number of carbonyl (C=O) groups excluding carboxylic acids is 4. The van der Waals surface area contributed by atoms with Gasteiger partial charge in [-0.05, 0) is 43.3 Å². The Hall–Kier alpha value is -3.68. The molecule has 2 aromatic carbocycles. The van der Waals surface area contributed by atoms with Crippen molar-refractivity contribution in [2.75, 3.05) is 23.4 Å². The molecule has 1 aliphatic rings. The predicted octanol–water partition coefficient (Wildman–Crippen LogP) is 1.63. The van der Waals surface area contributed by atoms with E-state index in [1.165, 1.54) is 24.3 Å². The summed E-state index contributed by atoms with van der Waals surface area (Å²) in [4.78, 5) is 49.1. The molecule has 0 unspecified atom stereocenters. The lowest BCUT2D eigenvalue weighted by Gasteiger charge is -2.16. The van der Waals surface area contributed by atoms with E-state index >= 15 is 0 Å². The summed E-state index contributed by atoms with van der Waals surface area (Å²) in [5, 5.41) is 2.56. The summed E-state index contributed by atoms with van der Waals surface area (Å²) in [7, 11) is 0. The van der Waals surface area contributed by atoms with Crippen LogP contribution in [0.4, 0.5) is 11.4 Å².